The molecule has 1 amide bonds. The number of hydrogen-bond acceptors (Lipinski definition) is 4. The summed E-state index contributed by atoms with van der Waals surface area (Å²) in [5.74, 6) is 0.263. The topological polar surface area (TPSA) is 66.5 Å². The van der Waals surface area contributed by atoms with Crippen molar-refractivity contribution in [2.75, 3.05) is 16.2 Å². The maximum atomic E-state index is 13.7. The number of amides is 1. The molecular weight excluding hydrogens is 536 g/mol. The number of para-hydroxylation sites is 1. The quantitative estimate of drug-likeness (QED) is 0.215. The van der Waals surface area contributed by atoms with Gasteiger partial charge in [-0.3, -0.25) is 9.10 Å². The van der Waals surface area contributed by atoms with Gasteiger partial charge in [0.25, 0.3) is 10.0 Å². The summed E-state index contributed by atoms with van der Waals surface area (Å²) in [5.41, 5.74) is 5.10. The van der Waals surface area contributed by atoms with E-state index < -0.39 is 15.9 Å². The zero-order chi connectivity index (χ0) is 27.3. The molecule has 4 rings (SSSR count). The molecule has 0 aliphatic heterocycles. The number of nitrogens with zero attached hydrogens (tertiary/aromatic N) is 1. The van der Waals surface area contributed by atoms with Crippen LogP contribution in [-0.4, -0.2) is 20.9 Å². The van der Waals surface area contributed by atoms with E-state index >= 15 is 0 Å². The van der Waals surface area contributed by atoms with E-state index in [1.54, 1.807) is 48.2 Å². The van der Waals surface area contributed by atoms with Crippen molar-refractivity contribution >= 4 is 50.7 Å². The van der Waals surface area contributed by atoms with Crippen molar-refractivity contribution < 1.29 is 13.2 Å². The lowest BCUT2D eigenvalue weighted by molar-refractivity contribution is -0.114. The van der Waals surface area contributed by atoms with Crippen LogP contribution in [0.5, 0.6) is 0 Å². The number of hydrogen-bond donors (Lipinski definition) is 1. The largest absolute Gasteiger partial charge is 0.323 e. The predicted molar refractivity (Wildman–Crippen MR) is 158 cm³/mol. The number of carbonyl (C=O) groups is 1. The Kier molecular flexibility index (Phi) is 8.82. The van der Waals surface area contributed by atoms with Crippen LogP contribution in [0.3, 0.4) is 0 Å². The molecule has 0 radical (unpaired) electrons. The minimum absolute atomic E-state index is 0.132. The van der Waals surface area contributed by atoms with Crippen molar-refractivity contribution in [3.63, 3.8) is 0 Å². The number of benzene rings is 4. The summed E-state index contributed by atoms with van der Waals surface area (Å²) in [5, 5.41) is 3.61. The highest BCUT2D eigenvalue weighted by Crippen LogP contribution is 2.31. The summed E-state index contributed by atoms with van der Waals surface area (Å²) >= 11 is 7.57. The lowest BCUT2D eigenvalue weighted by atomic mass is 10.1. The molecule has 0 aliphatic carbocycles. The van der Waals surface area contributed by atoms with Crippen LogP contribution in [-0.2, 0) is 20.6 Å². The second-order valence-electron chi connectivity index (χ2n) is 9.05. The minimum atomic E-state index is -3.99. The molecule has 0 saturated carbocycles. The molecular formula is C30H29ClN2O3S2. The van der Waals surface area contributed by atoms with Crippen LogP contribution in [0.2, 0.25) is 5.02 Å². The average Bonchev–Trinajstić information content (AvgIpc) is 2.89. The fraction of sp³-hybridized carbons (Fsp3) is 0.167. The molecule has 8 heteroatoms. The number of rotatable bonds is 9. The average molecular weight is 565 g/mol. The first-order valence-electron chi connectivity index (χ1n) is 12.1. The second kappa shape index (κ2) is 12.1. The summed E-state index contributed by atoms with van der Waals surface area (Å²) in [6.45, 7) is 5.41. The van der Waals surface area contributed by atoms with Gasteiger partial charge in [-0.2, -0.15) is 0 Å². The molecule has 0 unspecified atom stereocenters. The van der Waals surface area contributed by atoms with Gasteiger partial charge in [-0.15, -0.1) is 11.8 Å². The van der Waals surface area contributed by atoms with Crippen molar-refractivity contribution in [3.8, 4) is 0 Å². The van der Waals surface area contributed by atoms with E-state index in [-0.39, 0.29) is 11.4 Å². The van der Waals surface area contributed by atoms with Gasteiger partial charge in [0.05, 0.1) is 16.3 Å². The molecule has 4 aromatic carbocycles. The molecule has 0 atom stereocenters. The molecule has 0 heterocycles. The molecule has 196 valence electrons. The number of carbonyl (C=O) groups excluding carboxylic acids is 1. The first kappa shape index (κ1) is 27.8. The van der Waals surface area contributed by atoms with Crippen LogP contribution in [0.4, 0.5) is 11.4 Å². The van der Waals surface area contributed by atoms with Gasteiger partial charge in [0.1, 0.15) is 6.54 Å². The fourth-order valence-corrected chi connectivity index (χ4v) is 6.29. The van der Waals surface area contributed by atoms with Crippen LogP contribution in [0.25, 0.3) is 0 Å². The van der Waals surface area contributed by atoms with E-state index in [9.17, 15) is 13.2 Å². The summed E-state index contributed by atoms with van der Waals surface area (Å²) in [7, 11) is -3.99. The normalized spacial score (nSPS) is 11.3. The van der Waals surface area contributed by atoms with Crippen molar-refractivity contribution in [1.82, 2.24) is 0 Å². The highest BCUT2D eigenvalue weighted by molar-refractivity contribution is 7.98. The molecule has 5 nitrogen and oxygen atoms in total. The zero-order valence-corrected chi connectivity index (χ0v) is 23.8. The van der Waals surface area contributed by atoms with Crippen LogP contribution in [0, 0.1) is 20.8 Å². The molecule has 0 aromatic heterocycles. The van der Waals surface area contributed by atoms with Gasteiger partial charge in [-0.05, 0) is 86.0 Å². The molecule has 38 heavy (non-hydrogen) atoms. The fourth-order valence-electron chi connectivity index (χ4n) is 3.79. The first-order valence-corrected chi connectivity index (χ1v) is 14.9. The highest BCUT2D eigenvalue weighted by Gasteiger charge is 2.27. The maximum absolute atomic E-state index is 13.7. The molecule has 0 aliphatic rings. The van der Waals surface area contributed by atoms with E-state index in [1.165, 1.54) is 4.31 Å². The minimum Gasteiger partial charge on any atom is -0.323 e. The molecule has 0 saturated heterocycles. The van der Waals surface area contributed by atoms with Crippen LogP contribution < -0.4 is 9.62 Å². The van der Waals surface area contributed by atoms with Gasteiger partial charge < -0.3 is 5.32 Å². The standard InChI is InChI=1S/C30H29ClN2O3S2/c1-21-8-16-27(17-9-21)38(35,36)33(26-15-10-22(2)23(3)18-26)19-30(34)32-28-6-4-5-7-29(28)37-20-24-11-13-25(31)14-12-24/h4-18H,19-20H2,1-3H3,(H,32,34). The molecule has 4 aromatic rings. The van der Waals surface area contributed by atoms with E-state index in [4.69, 9.17) is 11.6 Å². The maximum Gasteiger partial charge on any atom is 0.264 e. The Morgan fingerprint density at radius 3 is 2.24 bits per heavy atom. The number of anilines is 2. The van der Waals surface area contributed by atoms with Crippen LogP contribution in [0.15, 0.2) is 101 Å². The van der Waals surface area contributed by atoms with Gasteiger partial charge in [-0.1, -0.05) is 59.6 Å². The smallest absolute Gasteiger partial charge is 0.264 e. The van der Waals surface area contributed by atoms with Crippen molar-refractivity contribution in [1.29, 1.82) is 0 Å². The predicted octanol–water partition coefficient (Wildman–Crippen LogP) is 7.39. The van der Waals surface area contributed by atoms with E-state index in [2.05, 4.69) is 5.32 Å². The summed E-state index contributed by atoms with van der Waals surface area (Å²) < 4.78 is 28.6. The molecule has 0 spiro atoms. The Labute approximate surface area is 233 Å². The second-order valence-corrected chi connectivity index (χ2v) is 12.4. The van der Waals surface area contributed by atoms with Crippen LogP contribution in [0.1, 0.15) is 22.3 Å². The van der Waals surface area contributed by atoms with E-state index in [0.29, 0.717) is 22.2 Å². The Bertz CT molecular complexity index is 1540. The SMILES string of the molecule is Cc1ccc(S(=O)(=O)N(CC(=O)Nc2ccccc2SCc2ccc(Cl)cc2)c2ccc(C)c(C)c2)cc1. The Morgan fingerprint density at radius 1 is 0.868 bits per heavy atom. The molecule has 0 bridgehead atoms. The van der Waals surface area contributed by atoms with Crippen LogP contribution >= 0.6 is 23.4 Å². The lowest BCUT2D eigenvalue weighted by Crippen LogP contribution is -2.38. The highest BCUT2D eigenvalue weighted by atomic mass is 35.5. The zero-order valence-electron chi connectivity index (χ0n) is 21.4. The third kappa shape index (κ3) is 6.78. The monoisotopic (exact) mass is 564 g/mol. The van der Waals surface area contributed by atoms with Crippen molar-refractivity contribution in [3.05, 3.63) is 118 Å². The van der Waals surface area contributed by atoms with Crippen molar-refractivity contribution in [2.24, 2.45) is 0 Å². The summed E-state index contributed by atoms with van der Waals surface area (Å²) in [4.78, 5) is 14.3. The van der Waals surface area contributed by atoms with Gasteiger partial charge >= 0.3 is 0 Å². The number of thioether (sulfide) groups is 1. The Balaban J connectivity index is 1.58. The summed E-state index contributed by atoms with van der Waals surface area (Å²) in [6, 6.07) is 27.2. The number of aryl methyl sites for hydroxylation is 3. The van der Waals surface area contributed by atoms with Crippen molar-refractivity contribution in [2.45, 2.75) is 36.3 Å². The van der Waals surface area contributed by atoms with E-state index in [0.717, 1.165) is 27.1 Å². The number of nitrogens with one attached hydrogen (secondary N) is 1. The first-order chi connectivity index (χ1) is 18.1. The molecule has 1 N–H and O–H groups in total. The van der Waals surface area contributed by atoms with Gasteiger partial charge in [0.15, 0.2) is 0 Å². The number of halogens is 1. The lowest BCUT2D eigenvalue weighted by Gasteiger charge is -2.25. The molecule has 0 fully saturated rings. The van der Waals surface area contributed by atoms with E-state index in [1.807, 2.05) is 75.4 Å². The third-order valence-electron chi connectivity index (χ3n) is 6.14. The van der Waals surface area contributed by atoms with Gasteiger partial charge in [0.2, 0.25) is 5.91 Å². The third-order valence-corrected chi connectivity index (χ3v) is 9.33. The Morgan fingerprint density at radius 2 is 1.55 bits per heavy atom. The van der Waals surface area contributed by atoms with Gasteiger partial charge in [0, 0.05) is 15.7 Å². The summed E-state index contributed by atoms with van der Waals surface area (Å²) in [6.07, 6.45) is 0. The number of sulfonamides is 1. The Hall–Kier alpha value is -3.26. The van der Waals surface area contributed by atoms with Gasteiger partial charge in [-0.25, -0.2) is 8.42 Å².